The van der Waals surface area contributed by atoms with Crippen LogP contribution in [-0.2, 0) is 16.0 Å². The zero-order valence-corrected chi connectivity index (χ0v) is 11.8. The van der Waals surface area contributed by atoms with E-state index in [4.69, 9.17) is 6.11 Å². The first kappa shape index (κ1) is 14.1. The Bertz CT molecular complexity index is 648. The Morgan fingerprint density at radius 2 is 1.68 bits per heavy atom. The van der Waals surface area contributed by atoms with Gasteiger partial charge >= 0.3 is 5.97 Å². The van der Waals surface area contributed by atoms with Crippen molar-refractivity contribution in [3.05, 3.63) is 66.2 Å². The molecule has 22 heavy (non-hydrogen) atoms. The zero-order valence-electron chi connectivity index (χ0n) is 12.8. The molecule has 5 heteroatoms. The first-order valence-corrected chi connectivity index (χ1v) is 6.77. The van der Waals surface area contributed by atoms with Gasteiger partial charge in [0.1, 0.15) is 11.8 Å². The molecule has 0 aromatic heterocycles. The highest BCUT2D eigenvalue weighted by molar-refractivity contribution is 5.84. The summed E-state index contributed by atoms with van der Waals surface area (Å²) in [6.45, 7) is -1.53. The Labute approximate surface area is 129 Å². The van der Waals surface area contributed by atoms with Crippen LogP contribution in [-0.4, -0.2) is 29.6 Å². The molecule has 0 aliphatic carbocycles. The maximum atomic E-state index is 12.0. The number of para-hydroxylation sites is 1. The van der Waals surface area contributed by atoms with E-state index < -0.39 is 24.5 Å². The van der Waals surface area contributed by atoms with Crippen LogP contribution in [0.5, 0.6) is 5.75 Å². The van der Waals surface area contributed by atoms with Crippen LogP contribution >= 0.6 is 0 Å². The van der Waals surface area contributed by atoms with Crippen molar-refractivity contribution in [2.24, 2.45) is 0 Å². The van der Waals surface area contributed by atoms with Crippen LogP contribution in [0, 0.1) is 0 Å². The van der Waals surface area contributed by atoms with E-state index in [1.807, 2.05) is 6.07 Å². The van der Waals surface area contributed by atoms with Crippen molar-refractivity contribution < 1.29 is 20.8 Å². The number of rotatable bonds is 7. The molecule has 1 unspecified atom stereocenters. The van der Waals surface area contributed by atoms with Gasteiger partial charge in [0.25, 0.3) is 5.91 Å². The lowest BCUT2D eigenvalue weighted by Gasteiger charge is -2.15. The SMILES string of the molecule is [2H]C(Oc1ccccc1)C(=O)N[C@@H](Cc1ccccc1)C(=O)O. The van der Waals surface area contributed by atoms with E-state index in [0.29, 0.717) is 5.75 Å². The standard InChI is InChI=1S/C17H17NO4/c19-16(12-22-14-9-5-2-6-10-14)18-15(17(20)21)11-13-7-3-1-4-8-13/h1-10,15H,11-12H2,(H,18,19)(H,20,21)/t15-/m0/s1/i12D/t12?,15-. The molecule has 114 valence electrons. The molecule has 2 aromatic rings. The molecule has 0 saturated carbocycles. The number of ether oxygens (including phenoxy) is 1. The number of benzene rings is 2. The normalized spacial score (nSPS) is 13.5. The van der Waals surface area contributed by atoms with Crippen LogP contribution in [0.1, 0.15) is 6.93 Å². The molecule has 2 aromatic carbocycles. The van der Waals surface area contributed by atoms with Crippen LogP contribution in [0.2, 0.25) is 0 Å². The van der Waals surface area contributed by atoms with Gasteiger partial charge in [-0.05, 0) is 17.7 Å². The molecule has 2 N–H and O–H groups in total. The molecule has 0 radical (unpaired) electrons. The molecule has 0 bridgehead atoms. The maximum absolute atomic E-state index is 12.0. The molecule has 2 atom stereocenters. The first-order valence-electron chi connectivity index (χ1n) is 7.35. The predicted octanol–water partition coefficient (Wildman–Crippen LogP) is 1.88. The van der Waals surface area contributed by atoms with E-state index in [1.165, 1.54) is 0 Å². The minimum Gasteiger partial charge on any atom is -0.484 e. The van der Waals surface area contributed by atoms with Crippen LogP contribution < -0.4 is 10.1 Å². The second kappa shape index (κ2) is 7.83. The van der Waals surface area contributed by atoms with Gasteiger partial charge in [-0.1, -0.05) is 48.5 Å². The quantitative estimate of drug-likeness (QED) is 0.818. The molecule has 0 fully saturated rings. The second-order valence-electron chi connectivity index (χ2n) is 4.64. The smallest absolute Gasteiger partial charge is 0.326 e. The number of hydrogen-bond acceptors (Lipinski definition) is 3. The van der Waals surface area contributed by atoms with Crippen molar-refractivity contribution >= 4 is 11.9 Å². The average Bonchev–Trinajstić information content (AvgIpc) is 2.56. The molecular formula is C17H17NO4. The summed E-state index contributed by atoms with van der Waals surface area (Å²) in [5.41, 5.74) is 0.783. The maximum Gasteiger partial charge on any atom is 0.326 e. The lowest BCUT2D eigenvalue weighted by Crippen LogP contribution is -2.44. The van der Waals surface area contributed by atoms with Crippen LogP contribution in [0.25, 0.3) is 0 Å². The van der Waals surface area contributed by atoms with E-state index in [2.05, 4.69) is 5.32 Å². The molecular weight excluding hydrogens is 282 g/mol. The van der Waals surface area contributed by atoms with Gasteiger partial charge in [-0.15, -0.1) is 0 Å². The largest absolute Gasteiger partial charge is 0.484 e. The highest BCUT2D eigenvalue weighted by Crippen LogP contribution is 2.08. The summed E-state index contributed by atoms with van der Waals surface area (Å²) in [4.78, 5) is 23.3. The van der Waals surface area contributed by atoms with Crippen LogP contribution in [0.4, 0.5) is 0 Å². The fourth-order valence-electron chi connectivity index (χ4n) is 1.88. The number of carboxylic acid groups (broad SMARTS) is 1. The van der Waals surface area contributed by atoms with Crippen molar-refractivity contribution in [2.45, 2.75) is 12.5 Å². The van der Waals surface area contributed by atoms with Gasteiger partial charge in [-0.3, -0.25) is 4.79 Å². The number of carbonyl (C=O) groups is 2. The van der Waals surface area contributed by atoms with Crippen molar-refractivity contribution in [1.82, 2.24) is 5.32 Å². The number of carboxylic acids is 1. The Morgan fingerprint density at radius 3 is 2.27 bits per heavy atom. The van der Waals surface area contributed by atoms with Crippen molar-refractivity contribution in [3.63, 3.8) is 0 Å². The van der Waals surface area contributed by atoms with E-state index in [0.717, 1.165) is 5.56 Å². The number of aliphatic carboxylic acids is 1. The number of hydrogen-bond donors (Lipinski definition) is 2. The van der Waals surface area contributed by atoms with Gasteiger partial charge in [0.2, 0.25) is 0 Å². The molecule has 2 rings (SSSR count). The van der Waals surface area contributed by atoms with Crippen molar-refractivity contribution in [2.75, 3.05) is 6.58 Å². The molecule has 5 nitrogen and oxygen atoms in total. The van der Waals surface area contributed by atoms with Gasteiger partial charge in [0, 0.05) is 6.42 Å². The highest BCUT2D eigenvalue weighted by Gasteiger charge is 2.20. The minimum absolute atomic E-state index is 0.139. The third-order valence-corrected chi connectivity index (χ3v) is 2.94. The first-order chi connectivity index (χ1) is 11.1. The molecule has 0 aliphatic heterocycles. The number of amides is 1. The Hall–Kier alpha value is -2.82. The second-order valence-corrected chi connectivity index (χ2v) is 4.64. The lowest BCUT2D eigenvalue weighted by molar-refractivity contribution is -0.142. The van der Waals surface area contributed by atoms with Gasteiger partial charge in [-0.2, -0.15) is 0 Å². The Morgan fingerprint density at radius 1 is 1.09 bits per heavy atom. The van der Waals surface area contributed by atoms with Crippen molar-refractivity contribution in [1.29, 1.82) is 0 Å². The van der Waals surface area contributed by atoms with Crippen molar-refractivity contribution in [3.8, 4) is 5.75 Å². The van der Waals surface area contributed by atoms with E-state index in [-0.39, 0.29) is 6.42 Å². The fourth-order valence-corrected chi connectivity index (χ4v) is 1.88. The average molecular weight is 300 g/mol. The predicted molar refractivity (Wildman–Crippen MR) is 81.6 cm³/mol. The molecule has 1 amide bonds. The summed E-state index contributed by atoms with van der Waals surface area (Å²) in [6.07, 6.45) is 0.139. The number of carbonyl (C=O) groups excluding carboxylic acids is 1. The molecule has 0 saturated heterocycles. The summed E-state index contributed by atoms with van der Waals surface area (Å²) in [6, 6.07) is 16.3. The molecule has 0 aliphatic rings. The fraction of sp³-hybridized carbons (Fsp3) is 0.176. The third kappa shape index (κ3) is 4.94. The topological polar surface area (TPSA) is 75.6 Å². The van der Waals surface area contributed by atoms with Gasteiger partial charge < -0.3 is 15.2 Å². The zero-order chi connectivity index (χ0) is 16.7. The lowest BCUT2D eigenvalue weighted by atomic mass is 10.1. The summed E-state index contributed by atoms with van der Waals surface area (Å²) in [7, 11) is 0. The van der Waals surface area contributed by atoms with Crippen LogP contribution in [0.15, 0.2) is 60.7 Å². The summed E-state index contributed by atoms with van der Waals surface area (Å²) in [5.74, 6) is -1.58. The summed E-state index contributed by atoms with van der Waals surface area (Å²) >= 11 is 0. The van der Waals surface area contributed by atoms with Gasteiger partial charge in [-0.25, -0.2) is 4.79 Å². The Kier molecular flexibility index (Phi) is 5.03. The van der Waals surface area contributed by atoms with E-state index in [9.17, 15) is 14.7 Å². The van der Waals surface area contributed by atoms with E-state index in [1.54, 1.807) is 54.6 Å². The van der Waals surface area contributed by atoms with E-state index >= 15 is 0 Å². The minimum atomic E-state index is -1.53. The van der Waals surface area contributed by atoms with Crippen LogP contribution in [0.3, 0.4) is 0 Å². The molecule has 0 spiro atoms. The number of nitrogens with one attached hydrogen (secondary N) is 1. The van der Waals surface area contributed by atoms with Gasteiger partial charge in [0.15, 0.2) is 6.58 Å². The molecule has 0 heterocycles. The summed E-state index contributed by atoms with van der Waals surface area (Å²) in [5, 5.41) is 11.6. The highest BCUT2D eigenvalue weighted by atomic mass is 16.5. The summed E-state index contributed by atoms with van der Waals surface area (Å²) < 4.78 is 12.9. The Balaban J connectivity index is 1.96. The third-order valence-electron chi connectivity index (χ3n) is 2.94. The van der Waals surface area contributed by atoms with Gasteiger partial charge in [0.05, 0.1) is 1.37 Å². The monoisotopic (exact) mass is 300 g/mol.